The van der Waals surface area contributed by atoms with Crippen molar-refractivity contribution in [1.29, 1.82) is 0 Å². The van der Waals surface area contributed by atoms with E-state index in [2.05, 4.69) is 10.3 Å². The molecule has 1 aromatic heterocycles. The molecule has 0 spiro atoms. The number of alkyl halides is 1. The largest absolute Gasteiger partial charge is 0.349 e. The van der Waals surface area contributed by atoms with Crippen LogP contribution >= 0.6 is 22.9 Å². The molecule has 66 valence electrons. The van der Waals surface area contributed by atoms with Crippen molar-refractivity contribution in [2.24, 2.45) is 0 Å². The normalized spacial score (nSPS) is 9.83. The van der Waals surface area contributed by atoms with Crippen LogP contribution in [-0.2, 0) is 11.3 Å². The van der Waals surface area contributed by atoms with Gasteiger partial charge in [-0.05, 0) is 6.92 Å². The van der Waals surface area contributed by atoms with Crippen LogP contribution in [0.4, 0.5) is 0 Å². The predicted molar refractivity (Wildman–Crippen MR) is 49.4 cm³/mol. The lowest BCUT2D eigenvalue weighted by atomic mass is 10.6. The third-order valence-electron chi connectivity index (χ3n) is 1.23. The quantitative estimate of drug-likeness (QED) is 0.755. The lowest BCUT2D eigenvalue weighted by Gasteiger charge is -1.97. The highest BCUT2D eigenvalue weighted by Crippen LogP contribution is 2.10. The third kappa shape index (κ3) is 2.79. The molecule has 0 saturated carbocycles. The number of rotatable bonds is 3. The summed E-state index contributed by atoms with van der Waals surface area (Å²) in [6, 6.07) is 0. The summed E-state index contributed by atoms with van der Waals surface area (Å²) in [6.45, 7) is 2.45. The van der Waals surface area contributed by atoms with Crippen LogP contribution in [0.5, 0.6) is 0 Å². The highest BCUT2D eigenvalue weighted by molar-refractivity contribution is 7.11. The molecule has 0 saturated heterocycles. The first-order valence-electron chi connectivity index (χ1n) is 3.46. The van der Waals surface area contributed by atoms with Gasteiger partial charge in [0.15, 0.2) is 0 Å². The Bertz CT molecular complexity index is 274. The highest BCUT2D eigenvalue weighted by atomic mass is 35.5. The first-order chi connectivity index (χ1) is 5.72. The minimum Gasteiger partial charge on any atom is -0.349 e. The molecule has 0 radical (unpaired) electrons. The number of aromatic nitrogens is 1. The van der Waals surface area contributed by atoms with Gasteiger partial charge in [0.2, 0.25) is 5.91 Å². The molecule has 3 nitrogen and oxygen atoms in total. The second kappa shape index (κ2) is 4.42. The van der Waals surface area contributed by atoms with Gasteiger partial charge in [0.25, 0.3) is 0 Å². The highest BCUT2D eigenvalue weighted by Gasteiger charge is 2.00. The molecule has 1 aromatic rings. The average molecular weight is 205 g/mol. The average Bonchev–Trinajstić information content (AvgIpc) is 2.47. The molecule has 0 aliphatic heterocycles. The van der Waals surface area contributed by atoms with Crippen molar-refractivity contribution < 1.29 is 4.79 Å². The minimum absolute atomic E-state index is 0.00432. The Labute approximate surface area is 79.8 Å². The van der Waals surface area contributed by atoms with E-state index in [9.17, 15) is 4.79 Å². The van der Waals surface area contributed by atoms with Gasteiger partial charge in [0.1, 0.15) is 10.9 Å². The molecule has 0 unspecified atom stereocenters. The summed E-state index contributed by atoms with van der Waals surface area (Å²) >= 11 is 6.87. The molecule has 12 heavy (non-hydrogen) atoms. The summed E-state index contributed by atoms with van der Waals surface area (Å²) in [7, 11) is 0. The fourth-order valence-electron chi connectivity index (χ4n) is 0.705. The second-order valence-electron chi connectivity index (χ2n) is 2.28. The van der Waals surface area contributed by atoms with Crippen LogP contribution in [0.3, 0.4) is 0 Å². The van der Waals surface area contributed by atoms with Crippen molar-refractivity contribution >= 4 is 28.8 Å². The predicted octanol–water partition coefficient (Wildman–Crippen LogP) is 1.31. The minimum atomic E-state index is -0.162. The van der Waals surface area contributed by atoms with E-state index in [1.54, 1.807) is 17.5 Å². The summed E-state index contributed by atoms with van der Waals surface area (Å²) in [5.41, 5.74) is 0. The summed E-state index contributed by atoms with van der Waals surface area (Å²) < 4.78 is 0. The number of halogens is 1. The molecule has 1 heterocycles. The van der Waals surface area contributed by atoms with E-state index in [1.165, 1.54) is 0 Å². The van der Waals surface area contributed by atoms with Crippen LogP contribution in [0.25, 0.3) is 0 Å². The summed E-state index contributed by atoms with van der Waals surface area (Å²) in [4.78, 5) is 16.0. The number of carbonyl (C=O) groups is 1. The molecule has 1 N–H and O–H groups in total. The van der Waals surface area contributed by atoms with Crippen molar-refractivity contribution in [3.63, 3.8) is 0 Å². The van der Waals surface area contributed by atoms with Crippen molar-refractivity contribution in [3.8, 4) is 0 Å². The van der Waals surface area contributed by atoms with Gasteiger partial charge in [0.05, 0.1) is 6.54 Å². The first-order valence-corrected chi connectivity index (χ1v) is 4.81. The molecule has 0 fully saturated rings. The van der Waals surface area contributed by atoms with Crippen LogP contribution in [0.1, 0.15) is 9.88 Å². The van der Waals surface area contributed by atoms with Crippen molar-refractivity contribution in [2.45, 2.75) is 13.5 Å². The van der Waals surface area contributed by atoms with E-state index in [1.807, 2.05) is 6.92 Å². The number of hydrogen-bond donors (Lipinski definition) is 1. The molecular formula is C7H9ClN2OS. The van der Waals surface area contributed by atoms with Gasteiger partial charge in [-0.15, -0.1) is 22.9 Å². The summed E-state index contributed by atoms with van der Waals surface area (Å²) in [5.74, 6) is -0.158. The van der Waals surface area contributed by atoms with Crippen molar-refractivity contribution in [1.82, 2.24) is 10.3 Å². The van der Waals surface area contributed by atoms with Gasteiger partial charge >= 0.3 is 0 Å². The van der Waals surface area contributed by atoms with E-state index < -0.39 is 0 Å². The zero-order chi connectivity index (χ0) is 8.97. The molecule has 0 bridgehead atoms. The van der Waals surface area contributed by atoms with Gasteiger partial charge in [-0.25, -0.2) is 4.98 Å². The lowest BCUT2D eigenvalue weighted by molar-refractivity contribution is -0.118. The van der Waals surface area contributed by atoms with E-state index >= 15 is 0 Å². The number of nitrogens with one attached hydrogen (secondary N) is 1. The summed E-state index contributed by atoms with van der Waals surface area (Å²) in [6.07, 6.45) is 1.78. The van der Waals surface area contributed by atoms with E-state index in [4.69, 9.17) is 11.6 Å². The van der Waals surface area contributed by atoms with Gasteiger partial charge in [-0.1, -0.05) is 0 Å². The van der Waals surface area contributed by atoms with Crippen LogP contribution in [0.15, 0.2) is 6.20 Å². The number of hydrogen-bond acceptors (Lipinski definition) is 3. The number of carbonyl (C=O) groups excluding carboxylic acids is 1. The standard InChI is InChI=1S/C7H9ClN2OS/c1-5-3-10-7(12-5)4-9-6(11)2-8/h3H,2,4H2,1H3,(H,9,11). The maximum Gasteiger partial charge on any atom is 0.235 e. The third-order valence-corrected chi connectivity index (χ3v) is 2.38. The molecular weight excluding hydrogens is 196 g/mol. The smallest absolute Gasteiger partial charge is 0.235 e. The van der Waals surface area contributed by atoms with Gasteiger partial charge in [-0.2, -0.15) is 0 Å². The maximum atomic E-state index is 10.7. The zero-order valence-electron chi connectivity index (χ0n) is 6.63. The van der Waals surface area contributed by atoms with E-state index in [0.717, 1.165) is 9.88 Å². The molecule has 0 atom stereocenters. The van der Waals surface area contributed by atoms with Crippen LogP contribution in [0.2, 0.25) is 0 Å². The van der Waals surface area contributed by atoms with Crippen LogP contribution in [0, 0.1) is 6.92 Å². The first kappa shape index (κ1) is 9.48. The Morgan fingerprint density at radius 2 is 2.58 bits per heavy atom. The summed E-state index contributed by atoms with van der Waals surface area (Å²) in [5, 5.41) is 3.55. The maximum absolute atomic E-state index is 10.7. The Morgan fingerprint density at radius 3 is 3.08 bits per heavy atom. The monoisotopic (exact) mass is 204 g/mol. The van der Waals surface area contributed by atoms with Crippen LogP contribution in [-0.4, -0.2) is 16.8 Å². The zero-order valence-corrected chi connectivity index (χ0v) is 8.21. The SMILES string of the molecule is Cc1cnc(CNC(=O)CCl)s1. The molecule has 0 aliphatic carbocycles. The Balaban J connectivity index is 2.38. The Kier molecular flexibility index (Phi) is 3.49. The lowest BCUT2D eigenvalue weighted by Crippen LogP contribution is -2.23. The number of thiazole rings is 1. The number of aryl methyl sites for hydroxylation is 1. The fourth-order valence-corrected chi connectivity index (χ4v) is 1.53. The Morgan fingerprint density at radius 1 is 1.83 bits per heavy atom. The number of nitrogens with zero attached hydrogens (tertiary/aromatic N) is 1. The fraction of sp³-hybridized carbons (Fsp3) is 0.429. The molecule has 5 heteroatoms. The second-order valence-corrected chi connectivity index (χ2v) is 3.86. The van der Waals surface area contributed by atoms with Crippen LogP contribution < -0.4 is 5.32 Å². The van der Waals surface area contributed by atoms with Crippen molar-refractivity contribution in [3.05, 3.63) is 16.1 Å². The van der Waals surface area contributed by atoms with E-state index in [0.29, 0.717) is 6.54 Å². The van der Waals surface area contributed by atoms with Crippen molar-refractivity contribution in [2.75, 3.05) is 5.88 Å². The molecule has 0 aromatic carbocycles. The van der Waals surface area contributed by atoms with Gasteiger partial charge in [0, 0.05) is 11.1 Å². The van der Waals surface area contributed by atoms with E-state index in [-0.39, 0.29) is 11.8 Å². The van der Waals surface area contributed by atoms with Gasteiger partial charge < -0.3 is 5.32 Å². The van der Waals surface area contributed by atoms with Gasteiger partial charge in [-0.3, -0.25) is 4.79 Å². The Hall–Kier alpha value is -0.610. The molecule has 1 amide bonds. The topological polar surface area (TPSA) is 42.0 Å². The molecule has 1 rings (SSSR count). The molecule has 0 aliphatic rings. The number of amides is 1.